The summed E-state index contributed by atoms with van der Waals surface area (Å²) in [6.45, 7) is 2.51. The molecule has 21 heavy (non-hydrogen) atoms. The minimum Gasteiger partial charge on any atom is -0.396 e. The van der Waals surface area contributed by atoms with Crippen molar-refractivity contribution in [2.24, 2.45) is 0 Å². The highest BCUT2D eigenvalue weighted by molar-refractivity contribution is 5.94. The van der Waals surface area contributed by atoms with E-state index in [1.807, 2.05) is 12.2 Å². The van der Waals surface area contributed by atoms with Crippen LogP contribution < -0.4 is 10.6 Å². The average Bonchev–Trinajstić information content (AvgIpc) is 2.43. The molecule has 3 N–H and O–H groups in total. The zero-order chi connectivity index (χ0) is 15.9. The Bertz CT molecular complexity index is 464. The number of anilines is 1. The van der Waals surface area contributed by atoms with Gasteiger partial charge in [0.2, 0.25) is 0 Å². The van der Waals surface area contributed by atoms with Crippen LogP contribution >= 0.6 is 0 Å². The summed E-state index contributed by atoms with van der Waals surface area (Å²) in [6.07, 6.45) is -3.45. The number of hydrogen-bond donors (Lipinski definition) is 3. The lowest BCUT2D eigenvalue weighted by Gasteiger charge is -2.16. The van der Waals surface area contributed by atoms with Crippen molar-refractivity contribution in [1.82, 2.24) is 5.32 Å². The van der Waals surface area contributed by atoms with E-state index in [-0.39, 0.29) is 18.3 Å². The molecule has 1 aromatic rings. The predicted octanol–water partition coefficient (Wildman–Crippen LogP) is 2.44. The second kappa shape index (κ2) is 7.99. The number of hydrogen-bond acceptors (Lipinski definition) is 3. The highest BCUT2D eigenvalue weighted by Gasteiger charge is 2.38. The lowest BCUT2D eigenvalue weighted by molar-refractivity contribution is -0.167. The van der Waals surface area contributed by atoms with Crippen molar-refractivity contribution >= 4 is 11.6 Å². The minimum atomic E-state index is -4.90. The molecule has 1 amide bonds. The Morgan fingerprint density at radius 1 is 1.38 bits per heavy atom. The van der Waals surface area contributed by atoms with Crippen LogP contribution in [-0.2, 0) is 11.3 Å². The standard InChI is InChI=1S/C14H19F3N2O2/c1-2-11(6-7-20)18-9-10-4-3-5-12(8-10)19-13(21)14(15,16)17/h3-5,8,11,18,20H,2,6-7,9H2,1H3,(H,19,21). The fourth-order valence-corrected chi connectivity index (χ4v) is 1.83. The Labute approximate surface area is 121 Å². The summed E-state index contributed by atoms with van der Waals surface area (Å²) in [5.74, 6) is -1.99. The first-order valence-corrected chi connectivity index (χ1v) is 6.68. The predicted molar refractivity (Wildman–Crippen MR) is 73.7 cm³/mol. The Hall–Kier alpha value is -1.60. The van der Waals surface area contributed by atoms with Gasteiger partial charge in [-0.25, -0.2) is 0 Å². The molecule has 1 unspecified atom stereocenters. The van der Waals surface area contributed by atoms with Gasteiger partial charge >= 0.3 is 12.1 Å². The van der Waals surface area contributed by atoms with Crippen LogP contribution in [-0.4, -0.2) is 29.8 Å². The third kappa shape index (κ3) is 6.14. The molecule has 0 aromatic heterocycles. The maximum Gasteiger partial charge on any atom is 0.471 e. The molecule has 0 bridgehead atoms. The van der Waals surface area contributed by atoms with Crippen molar-refractivity contribution in [3.8, 4) is 0 Å². The molecule has 0 fully saturated rings. The molecule has 1 aromatic carbocycles. The number of rotatable bonds is 7. The molecule has 118 valence electrons. The van der Waals surface area contributed by atoms with Crippen LogP contribution in [0, 0.1) is 0 Å². The van der Waals surface area contributed by atoms with Crippen LogP contribution in [0.15, 0.2) is 24.3 Å². The number of aliphatic hydroxyl groups is 1. The van der Waals surface area contributed by atoms with Gasteiger partial charge in [0, 0.05) is 24.9 Å². The van der Waals surface area contributed by atoms with Gasteiger partial charge < -0.3 is 15.7 Å². The Balaban J connectivity index is 2.62. The summed E-state index contributed by atoms with van der Waals surface area (Å²) in [7, 11) is 0. The highest BCUT2D eigenvalue weighted by Crippen LogP contribution is 2.19. The number of alkyl halides is 3. The van der Waals surface area contributed by atoms with Crippen LogP contribution in [0.25, 0.3) is 0 Å². The number of benzene rings is 1. The van der Waals surface area contributed by atoms with Crippen LogP contribution in [0.2, 0.25) is 0 Å². The molecule has 7 heteroatoms. The fraction of sp³-hybridized carbons (Fsp3) is 0.500. The van der Waals surface area contributed by atoms with E-state index in [4.69, 9.17) is 5.11 Å². The Morgan fingerprint density at radius 2 is 2.10 bits per heavy atom. The Kier molecular flexibility index (Phi) is 6.64. The molecule has 0 heterocycles. The minimum absolute atomic E-state index is 0.0766. The summed E-state index contributed by atoms with van der Waals surface area (Å²) in [6, 6.07) is 6.36. The molecule has 4 nitrogen and oxygen atoms in total. The van der Waals surface area contributed by atoms with Crippen molar-refractivity contribution in [1.29, 1.82) is 0 Å². The monoisotopic (exact) mass is 304 g/mol. The summed E-state index contributed by atoms with van der Waals surface area (Å²) in [4.78, 5) is 10.9. The van der Waals surface area contributed by atoms with Crippen molar-refractivity contribution in [2.45, 2.75) is 38.5 Å². The SMILES string of the molecule is CCC(CCO)NCc1cccc(NC(=O)C(F)(F)F)c1. The van der Waals surface area contributed by atoms with Crippen LogP contribution in [0.3, 0.4) is 0 Å². The molecule has 0 spiro atoms. The van der Waals surface area contributed by atoms with Gasteiger partial charge in [-0.15, -0.1) is 0 Å². The number of halogens is 3. The maximum absolute atomic E-state index is 12.2. The van der Waals surface area contributed by atoms with E-state index in [0.717, 1.165) is 12.0 Å². The summed E-state index contributed by atoms with van der Waals surface area (Å²) in [5, 5.41) is 13.9. The van der Waals surface area contributed by atoms with Crippen molar-refractivity contribution in [3.63, 3.8) is 0 Å². The molecule has 0 saturated carbocycles. The Morgan fingerprint density at radius 3 is 2.67 bits per heavy atom. The number of carbonyl (C=O) groups excluding carboxylic acids is 1. The first kappa shape index (κ1) is 17.5. The third-order valence-corrected chi connectivity index (χ3v) is 3.01. The van der Waals surface area contributed by atoms with Gasteiger partial charge in [0.25, 0.3) is 0 Å². The first-order valence-electron chi connectivity index (χ1n) is 6.68. The van der Waals surface area contributed by atoms with Gasteiger partial charge in [0.15, 0.2) is 0 Å². The molecule has 0 aliphatic carbocycles. The third-order valence-electron chi connectivity index (χ3n) is 3.01. The van der Waals surface area contributed by atoms with E-state index in [1.54, 1.807) is 12.1 Å². The summed E-state index contributed by atoms with van der Waals surface area (Å²) < 4.78 is 36.5. The molecular weight excluding hydrogens is 285 g/mol. The largest absolute Gasteiger partial charge is 0.471 e. The quantitative estimate of drug-likeness (QED) is 0.725. The molecule has 0 aliphatic rings. The lowest BCUT2D eigenvalue weighted by atomic mass is 10.1. The fourth-order valence-electron chi connectivity index (χ4n) is 1.83. The number of nitrogens with one attached hydrogen (secondary N) is 2. The number of amides is 1. The van der Waals surface area contributed by atoms with Gasteiger partial charge in [0.05, 0.1) is 0 Å². The van der Waals surface area contributed by atoms with Crippen molar-refractivity contribution < 1.29 is 23.1 Å². The second-order valence-corrected chi connectivity index (χ2v) is 4.65. The summed E-state index contributed by atoms with van der Waals surface area (Å²) in [5.41, 5.74) is 0.859. The normalized spacial score (nSPS) is 13.0. The van der Waals surface area contributed by atoms with Crippen LogP contribution in [0.4, 0.5) is 18.9 Å². The van der Waals surface area contributed by atoms with E-state index in [0.29, 0.717) is 13.0 Å². The van der Waals surface area contributed by atoms with Gasteiger partial charge in [-0.2, -0.15) is 13.2 Å². The smallest absolute Gasteiger partial charge is 0.396 e. The van der Waals surface area contributed by atoms with Gasteiger partial charge in [-0.1, -0.05) is 19.1 Å². The highest BCUT2D eigenvalue weighted by atomic mass is 19.4. The van der Waals surface area contributed by atoms with E-state index < -0.39 is 12.1 Å². The van der Waals surface area contributed by atoms with E-state index in [1.165, 1.54) is 12.1 Å². The molecular formula is C14H19F3N2O2. The number of aliphatic hydroxyl groups excluding tert-OH is 1. The van der Waals surface area contributed by atoms with Gasteiger partial charge in [-0.3, -0.25) is 4.79 Å². The molecule has 1 rings (SSSR count). The van der Waals surface area contributed by atoms with Crippen molar-refractivity contribution in [3.05, 3.63) is 29.8 Å². The van der Waals surface area contributed by atoms with Gasteiger partial charge in [0.1, 0.15) is 0 Å². The topological polar surface area (TPSA) is 61.4 Å². The summed E-state index contributed by atoms with van der Waals surface area (Å²) >= 11 is 0. The second-order valence-electron chi connectivity index (χ2n) is 4.65. The van der Waals surface area contributed by atoms with Crippen LogP contribution in [0.5, 0.6) is 0 Å². The molecule has 1 atom stereocenters. The first-order chi connectivity index (χ1) is 9.86. The van der Waals surface area contributed by atoms with Crippen LogP contribution in [0.1, 0.15) is 25.3 Å². The molecule has 0 radical (unpaired) electrons. The number of carbonyl (C=O) groups is 1. The maximum atomic E-state index is 12.2. The van der Waals surface area contributed by atoms with Gasteiger partial charge in [-0.05, 0) is 30.5 Å². The zero-order valence-corrected chi connectivity index (χ0v) is 11.7. The van der Waals surface area contributed by atoms with E-state index in [9.17, 15) is 18.0 Å². The van der Waals surface area contributed by atoms with E-state index in [2.05, 4.69) is 5.32 Å². The zero-order valence-electron chi connectivity index (χ0n) is 11.7. The molecule has 0 aliphatic heterocycles. The van der Waals surface area contributed by atoms with Crippen molar-refractivity contribution in [2.75, 3.05) is 11.9 Å². The lowest BCUT2D eigenvalue weighted by Crippen LogP contribution is -2.30. The van der Waals surface area contributed by atoms with E-state index >= 15 is 0 Å². The molecule has 0 saturated heterocycles. The average molecular weight is 304 g/mol.